The van der Waals surface area contributed by atoms with Gasteiger partial charge in [-0.25, -0.2) is 13.8 Å². The van der Waals surface area contributed by atoms with Crippen molar-refractivity contribution in [1.29, 1.82) is 0 Å². The average molecular weight is 422 g/mol. The van der Waals surface area contributed by atoms with Crippen LogP contribution in [0, 0.1) is 18.6 Å². The SMILES string of the molecule is Cc1ccc(C(=O)Nc2ccc(F)cc2F)cc1N(c1cccnc1)c1nccs1. The number of thiazole rings is 1. The zero-order chi connectivity index (χ0) is 21.1. The van der Waals surface area contributed by atoms with E-state index in [1.165, 1.54) is 17.4 Å². The Morgan fingerprint density at radius 3 is 2.67 bits per heavy atom. The molecule has 0 unspecified atom stereocenters. The molecule has 2 heterocycles. The van der Waals surface area contributed by atoms with E-state index in [2.05, 4.69) is 15.3 Å². The summed E-state index contributed by atoms with van der Waals surface area (Å²) in [7, 11) is 0. The summed E-state index contributed by atoms with van der Waals surface area (Å²) in [5, 5.41) is 5.07. The van der Waals surface area contributed by atoms with Gasteiger partial charge in [-0.2, -0.15) is 0 Å². The van der Waals surface area contributed by atoms with Crippen molar-refractivity contribution in [2.45, 2.75) is 6.92 Å². The Balaban J connectivity index is 1.72. The average Bonchev–Trinajstić information content (AvgIpc) is 3.27. The van der Waals surface area contributed by atoms with Gasteiger partial charge in [0.05, 0.1) is 23.3 Å². The van der Waals surface area contributed by atoms with Crippen molar-refractivity contribution in [3.8, 4) is 0 Å². The molecule has 150 valence electrons. The number of rotatable bonds is 5. The maximum absolute atomic E-state index is 13.9. The second kappa shape index (κ2) is 8.38. The second-order valence-corrected chi connectivity index (χ2v) is 7.31. The van der Waals surface area contributed by atoms with Crippen LogP contribution in [0.2, 0.25) is 0 Å². The first kappa shape index (κ1) is 19.7. The minimum atomic E-state index is -0.838. The van der Waals surface area contributed by atoms with Crippen molar-refractivity contribution in [2.24, 2.45) is 0 Å². The van der Waals surface area contributed by atoms with Gasteiger partial charge in [0.15, 0.2) is 5.13 Å². The lowest BCUT2D eigenvalue weighted by Gasteiger charge is -2.24. The Bertz CT molecular complexity index is 1180. The van der Waals surface area contributed by atoms with Gasteiger partial charge in [-0.1, -0.05) is 6.07 Å². The molecule has 0 fully saturated rings. The Labute approximate surface area is 175 Å². The van der Waals surface area contributed by atoms with Crippen molar-refractivity contribution in [3.63, 3.8) is 0 Å². The molecule has 0 saturated heterocycles. The molecule has 30 heavy (non-hydrogen) atoms. The lowest BCUT2D eigenvalue weighted by Crippen LogP contribution is -2.16. The number of benzene rings is 2. The second-order valence-electron chi connectivity index (χ2n) is 6.44. The molecule has 4 aromatic rings. The third-order valence-electron chi connectivity index (χ3n) is 4.41. The fourth-order valence-corrected chi connectivity index (χ4v) is 3.62. The zero-order valence-electron chi connectivity index (χ0n) is 15.8. The van der Waals surface area contributed by atoms with Crippen molar-refractivity contribution in [3.05, 3.63) is 95.3 Å². The monoisotopic (exact) mass is 422 g/mol. The predicted octanol–water partition coefficient (Wildman–Crippen LogP) is 5.85. The Kier molecular flexibility index (Phi) is 5.49. The van der Waals surface area contributed by atoms with Gasteiger partial charge in [0, 0.05) is 29.4 Å². The number of nitrogens with one attached hydrogen (secondary N) is 1. The highest BCUT2D eigenvalue weighted by molar-refractivity contribution is 7.13. The topological polar surface area (TPSA) is 58.1 Å². The summed E-state index contributed by atoms with van der Waals surface area (Å²) >= 11 is 1.45. The number of pyridine rings is 1. The molecule has 0 aliphatic rings. The Morgan fingerprint density at radius 1 is 1.10 bits per heavy atom. The number of aromatic nitrogens is 2. The number of amides is 1. The molecule has 8 heteroatoms. The van der Waals surface area contributed by atoms with Crippen molar-refractivity contribution in [2.75, 3.05) is 10.2 Å². The highest BCUT2D eigenvalue weighted by Gasteiger charge is 2.19. The lowest BCUT2D eigenvalue weighted by molar-refractivity contribution is 0.102. The fourth-order valence-electron chi connectivity index (χ4n) is 2.94. The van der Waals surface area contributed by atoms with Crippen molar-refractivity contribution >= 4 is 39.4 Å². The molecule has 0 radical (unpaired) electrons. The van der Waals surface area contributed by atoms with Crippen LogP contribution >= 0.6 is 11.3 Å². The van der Waals surface area contributed by atoms with Crippen LogP contribution in [0.1, 0.15) is 15.9 Å². The van der Waals surface area contributed by atoms with E-state index in [9.17, 15) is 13.6 Å². The van der Waals surface area contributed by atoms with Gasteiger partial charge < -0.3 is 5.32 Å². The van der Waals surface area contributed by atoms with E-state index in [0.717, 1.165) is 29.1 Å². The first-order valence-corrected chi connectivity index (χ1v) is 9.87. The van der Waals surface area contributed by atoms with Crippen LogP contribution in [-0.4, -0.2) is 15.9 Å². The number of carbonyl (C=O) groups is 1. The molecule has 0 saturated carbocycles. The van der Waals surface area contributed by atoms with E-state index in [0.29, 0.717) is 10.7 Å². The highest BCUT2D eigenvalue weighted by atomic mass is 32.1. The van der Waals surface area contributed by atoms with Crippen LogP contribution in [0.15, 0.2) is 72.5 Å². The van der Waals surface area contributed by atoms with Gasteiger partial charge in [-0.3, -0.25) is 14.7 Å². The van der Waals surface area contributed by atoms with E-state index in [1.807, 2.05) is 35.4 Å². The highest BCUT2D eigenvalue weighted by Crippen LogP contribution is 2.37. The molecule has 0 spiro atoms. The smallest absolute Gasteiger partial charge is 0.255 e. The van der Waals surface area contributed by atoms with Gasteiger partial charge in [-0.15, -0.1) is 11.3 Å². The van der Waals surface area contributed by atoms with E-state index in [-0.39, 0.29) is 5.69 Å². The summed E-state index contributed by atoms with van der Waals surface area (Å²) in [6.45, 7) is 1.92. The quantitative estimate of drug-likeness (QED) is 0.439. The minimum absolute atomic E-state index is 0.0902. The van der Waals surface area contributed by atoms with Gasteiger partial charge >= 0.3 is 0 Å². The molecule has 1 N–H and O–H groups in total. The van der Waals surface area contributed by atoms with Gasteiger partial charge in [0.1, 0.15) is 11.6 Å². The van der Waals surface area contributed by atoms with Crippen molar-refractivity contribution < 1.29 is 13.6 Å². The number of nitrogens with zero attached hydrogens (tertiary/aromatic N) is 3. The van der Waals surface area contributed by atoms with Crippen LogP contribution in [0.25, 0.3) is 0 Å². The van der Waals surface area contributed by atoms with Crippen LogP contribution in [0.5, 0.6) is 0 Å². The molecule has 0 atom stereocenters. The Morgan fingerprint density at radius 2 is 1.97 bits per heavy atom. The van der Waals surface area contributed by atoms with E-state index >= 15 is 0 Å². The largest absolute Gasteiger partial charge is 0.319 e. The maximum Gasteiger partial charge on any atom is 0.255 e. The molecule has 1 amide bonds. The van der Waals surface area contributed by atoms with Gasteiger partial charge in [0.25, 0.3) is 5.91 Å². The van der Waals surface area contributed by atoms with E-state index in [1.54, 1.807) is 30.7 Å². The first-order chi connectivity index (χ1) is 14.5. The number of hydrogen-bond acceptors (Lipinski definition) is 5. The van der Waals surface area contributed by atoms with Crippen LogP contribution in [-0.2, 0) is 0 Å². The number of anilines is 4. The summed E-state index contributed by atoms with van der Waals surface area (Å²) < 4.78 is 27.1. The number of aryl methyl sites for hydroxylation is 1. The summed E-state index contributed by atoms with van der Waals surface area (Å²) in [6.07, 6.45) is 5.09. The first-order valence-electron chi connectivity index (χ1n) is 8.99. The summed E-state index contributed by atoms with van der Waals surface area (Å²) in [6, 6.07) is 11.9. The summed E-state index contributed by atoms with van der Waals surface area (Å²) in [4.78, 5) is 23.2. The standard InChI is InChI=1S/C22H16F2N4OS/c1-14-4-5-15(21(29)27-19-7-6-16(23)12-18(19)24)11-20(14)28(22-26-9-10-30-22)17-3-2-8-25-13-17/h2-13H,1H3,(H,27,29). The molecule has 5 nitrogen and oxygen atoms in total. The van der Waals surface area contributed by atoms with Crippen LogP contribution in [0.4, 0.5) is 31.0 Å². The molecule has 4 rings (SSSR count). The maximum atomic E-state index is 13.9. The fraction of sp³-hybridized carbons (Fsp3) is 0.0455. The number of carbonyl (C=O) groups excluding carboxylic acids is 1. The summed E-state index contributed by atoms with van der Waals surface area (Å²) in [5.74, 6) is -2.05. The third-order valence-corrected chi connectivity index (χ3v) is 5.16. The molecule has 2 aromatic carbocycles. The molecule has 0 aliphatic heterocycles. The normalized spacial score (nSPS) is 10.6. The Hall–Kier alpha value is -3.65. The van der Waals surface area contributed by atoms with Crippen molar-refractivity contribution in [1.82, 2.24) is 9.97 Å². The van der Waals surface area contributed by atoms with E-state index in [4.69, 9.17) is 0 Å². The number of halogens is 2. The molecular formula is C22H16F2N4OS. The molecule has 0 aliphatic carbocycles. The van der Waals surface area contributed by atoms with Crippen LogP contribution in [0.3, 0.4) is 0 Å². The lowest BCUT2D eigenvalue weighted by atomic mass is 10.1. The minimum Gasteiger partial charge on any atom is -0.319 e. The molecule has 2 aromatic heterocycles. The zero-order valence-corrected chi connectivity index (χ0v) is 16.7. The van der Waals surface area contributed by atoms with Gasteiger partial charge in [-0.05, 0) is 48.9 Å². The summed E-state index contributed by atoms with van der Waals surface area (Å²) in [5.41, 5.74) is 2.68. The van der Waals surface area contributed by atoms with Gasteiger partial charge in [0.2, 0.25) is 0 Å². The third kappa shape index (κ3) is 4.04. The van der Waals surface area contributed by atoms with E-state index < -0.39 is 17.5 Å². The molecule has 0 bridgehead atoms. The molecular weight excluding hydrogens is 406 g/mol. The predicted molar refractivity (Wildman–Crippen MR) is 114 cm³/mol. The number of hydrogen-bond donors (Lipinski definition) is 1. The van der Waals surface area contributed by atoms with Crippen LogP contribution < -0.4 is 10.2 Å².